The van der Waals surface area contributed by atoms with Gasteiger partial charge in [0.1, 0.15) is 17.3 Å². The summed E-state index contributed by atoms with van der Waals surface area (Å²) in [6.07, 6.45) is 5.53. The van der Waals surface area contributed by atoms with Crippen molar-refractivity contribution in [1.82, 2.24) is 0 Å². The van der Waals surface area contributed by atoms with Crippen molar-refractivity contribution >= 4 is 18.1 Å². The molecular formula is C13H23BF4O2S. The van der Waals surface area contributed by atoms with Crippen molar-refractivity contribution in [3.8, 4) is 0 Å². The standard InChI is InChI=1S/C13H23O2S.BF4/c1-4-7-14-9-12-16(11-6-3)13-10-15-8-5-2;2-1(3,4)5/h4-6H,1-3,7-13H2;/q+1;-1. The van der Waals surface area contributed by atoms with Gasteiger partial charge in [0, 0.05) is 0 Å². The van der Waals surface area contributed by atoms with Crippen molar-refractivity contribution < 1.29 is 26.7 Å². The SMILES string of the molecule is C=CCOCC[S+](CC=C)CCOCC=C.F[B-](F)(F)F. The second-order valence-corrected chi connectivity index (χ2v) is 6.07. The first-order valence-corrected chi connectivity index (χ1v) is 8.08. The molecule has 0 fully saturated rings. The molecule has 0 aromatic rings. The van der Waals surface area contributed by atoms with Crippen LogP contribution in [0.25, 0.3) is 0 Å². The van der Waals surface area contributed by atoms with Crippen LogP contribution in [0.2, 0.25) is 0 Å². The molecular weight excluding hydrogens is 307 g/mol. The minimum atomic E-state index is -6.00. The van der Waals surface area contributed by atoms with E-state index < -0.39 is 7.25 Å². The highest BCUT2D eigenvalue weighted by atomic mass is 32.2. The molecule has 8 heteroatoms. The van der Waals surface area contributed by atoms with E-state index in [0.29, 0.717) is 24.1 Å². The van der Waals surface area contributed by atoms with E-state index in [4.69, 9.17) is 9.47 Å². The van der Waals surface area contributed by atoms with Gasteiger partial charge < -0.3 is 26.7 Å². The molecule has 0 aromatic heterocycles. The Morgan fingerprint density at radius 3 is 1.48 bits per heavy atom. The van der Waals surface area contributed by atoms with Crippen molar-refractivity contribution in [2.75, 3.05) is 43.7 Å². The molecule has 0 saturated heterocycles. The summed E-state index contributed by atoms with van der Waals surface area (Å²) in [7, 11) is -5.67. The third-order valence-corrected chi connectivity index (χ3v) is 4.05. The fourth-order valence-corrected chi connectivity index (χ4v) is 2.70. The van der Waals surface area contributed by atoms with Crippen LogP contribution >= 0.6 is 0 Å². The van der Waals surface area contributed by atoms with Gasteiger partial charge in [-0.1, -0.05) is 18.7 Å². The normalized spacial score (nSPS) is 10.7. The summed E-state index contributed by atoms with van der Waals surface area (Å²) in [6.45, 7) is 13.9. The first-order chi connectivity index (χ1) is 9.85. The molecule has 0 radical (unpaired) electrons. The second-order valence-electron chi connectivity index (χ2n) is 3.70. The lowest BCUT2D eigenvalue weighted by Gasteiger charge is -2.07. The lowest BCUT2D eigenvalue weighted by Crippen LogP contribution is -2.22. The van der Waals surface area contributed by atoms with Gasteiger partial charge in [0.2, 0.25) is 0 Å². The predicted molar refractivity (Wildman–Crippen MR) is 84.4 cm³/mol. The lowest BCUT2D eigenvalue weighted by atomic mass is 10.3. The average Bonchev–Trinajstić information content (AvgIpc) is 2.37. The quantitative estimate of drug-likeness (QED) is 0.179. The van der Waals surface area contributed by atoms with Crippen LogP contribution in [0.3, 0.4) is 0 Å². The molecule has 0 aromatic carbocycles. The van der Waals surface area contributed by atoms with Gasteiger partial charge in [0.05, 0.1) is 26.4 Å². The molecule has 0 atom stereocenters. The molecule has 0 saturated carbocycles. The van der Waals surface area contributed by atoms with Crippen LogP contribution in [0.5, 0.6) is 0 Å². The van der Waals surface area contributed by atoms with Crippen molar-refractivity contribution in [2.24, 2.45) is 0 Å². The van der Waals surface area contributed by atoms with Gasteiger partial charge in [-0.15, -0.1) is 13.2 Å². The van der Waals surface area contributed by atoms with Gasteiger partial charge in [0.15, 0.2) is 0 Å². The Bertz CT molecular complexity index is 253. The number of ether oxygens (including phenoxy) is 2. The summed E-state index contributed by atoms with van der Waals surface area (Å²) in [4.78, 5) is 0. The minimum Gasteiger partial charge on any atom is -0.418 e. The highest BCUT2D eigenvalue weighted by molar-refractivity contribution is 7.97. The monoisotopic (exact) mass is 330 g/mol. The first-order valence-electron chi connectivity index (χ1n) is 6.34. The molecule has 0 rings (SSSR count). The third-order valence-electron chi connectivity index (χ3n) is 1.86. The van der Waals surface area contributed by atoms with E-state index in [2.05, 4.69) is 19.7 Å². The number of hydrogen-bond donors (Lipinski definition) is 0. The maximum absolute atomic E-state index is 9.75. The number of hydrogen-bond acceptors (Lipinski definition) is 2. The van der Waals surface area contributed by atoms with Crippen molar-refractivity contribution in [1.29, 1.82) is 0 Å². The third kappa shape index (κ3) is 28.2. The molecule has 0 unspecified atom stereocenters. The molecule has 0 N–H and O–H groups in total. The average molecular weight is 330 g/mol. The van der Waals surface area contributed by atoms with Crippen LogP contribution in [0.15, 0.2) is 38.0 Å². The Morgan fingerprint density at radius 1 is 0.810 bits per heavy atom. The van der Waals surface area contributed by atoms with Crippen molar-refractivity contribution in [2.45, 2.75) is 0 Å². The molecule has 21 heavy (non-hydrogen) atoms. The topological polar surface area (TPSA) is 18.5 Å². The van der Waals surface area contributed by atoms with E-state index in [1.165, 1.54) is 0 Å². The van der Waals surface area contributed by atoms with Crippen LogP contribution in [0.4, 0.5) is 17.3 Å². The fraction of sp³-hybridized carbons (Fsp3) is 0.538. The zero-order valence-corrected chi connectivity index (χ0v) is 12.9. The van der Waals surface area contributed by atoms with Gasteiger partial charge in [-0.25, -0.2) is 0 Å². The molecule has 0 amide bonds. The summed E-state index contributed by atoms with van der Waals surface area (Å²) in [5.41, 5.74) is 0. The predicted octanol–water partition coefficient (Wildman–Crippen LogP) is 3.50. The van der Waals surface area contributed by atoms with Gasteiger partial charge in [0.25, 0.3) is 0 Å². The molecule has 0 aliphatic rings. The van der Waals surface area contributed by atoms with E-state index in [1.54, 1.807) is 12.2 Å². The molecule has 0 heterocycles. The van der Waals surface area contributed by atoms with Crippen LogP contribution in [0.1, 0.15) is 0 Å². The summed E-state index contributed by atoms with van der Waals surface area (Å²) < 4.78 is 49.8. The number of rotatable bonds is 12. The highest BCUT2D eigenvalue weighted by Gasteiger charge is 2.20. The first kappa shape index (κ1) is 22.6. The van der Waals surface area contributed by atoms with Gasteiger partial charge >= 0.3 is 7.25 Å². The molecule has 0 aliphatic carbocycles. The van der Waals surface area contributed by atoms with E-state index in [-0.39, 0.29) is 0 Å². The Labute approximate surface area is 127 Å². The number of halogens is 4. The Balaban J connectivity index is 0. The van der Waals surface area contributed by atoms with E-state index in [9.17, 15) is 17.3 Å². The largest absolute Gasteiger partial charge is 0.673 e. The molecule has 124 valence electrons. The van der Waals surface area contributed by atoms with E-state index >= 15 is 0 Å². The zero-order valence-electron chi connectivity index (χ0n) is 12.1. The molecule has 2 nitrogen and oxygen atoms in total. The molecule has 0 spiro atoms. The van der Waals surface area contributed by atoms with Crippen molar-refractivity contribution in [3.05, 3.63) is 38.0 Å². The minimum absolute atomic E-state index is 0.332. The molecule has 0 aliphatic heterocycles. The van der Waals surface area contributed by atoms with Gasteiger partial charge in [-0.3, -0.25) is 0 Å². The highest BCUT2D eigenvalue weighted by Crippen LogP contribution is 2.06. The van der Waals surface area contributed by atoms with Crippen LogP contribution in [-0.2, 0) is 20.4 Å². The van der Waals surface area contributed by atoms with E-state index in [0.717, 1.165) is 30.5 Å². The maximum Gasteiger partial charge on any atom is 0.673 e. The molecule has 0 bridgehead atoms. The zero-order chi connectivity index (χ0) is 16.6. The van der Waals surface area contributed by atoms with Crippen molar-refractivity contribution in [3.63, 3.8) is 0 Å². The fourth-order valence-electron chi connectivity index (χ4n) is 1.12. The summed E-state index contributed by atoms with van der Waals surface area (Å²) in [5, 5.41) is 0. The van der Waals surface area contributed by atoms with Crippen LogP contribution in [-0.4, -0.2) is 50.9 Å². The van der Waals surface area contributed by atoms with E-state index in [1.807, 2.05) is 6.08 Å². The summed E-state index contributed by atoms with van der Waals surface area (Å²) in [5.74, 6) is 3.21. The second kappa shape index (κ2) is 15.7. The Morgan fingerprint density at radius 2 is 1.19 bits per heavy atom. The smallest absolute Gasteiger partial charge is 0.418 e. The van der Waals surface area contributed by atoms with Gasteiger partial charge in [-0.2, -0.15) is 0 Å². The Hall–Kier alpha value is -0.725. The Kier molecular flexibility index (Phi) is 16.8. The van der Waals surface area contributed by atoms with Crippen LogP contribution in [0, 0.1) is 0 Å². The van der Waals surface area contributed by atoms with Gasteiger partial charge in [-0.05, 0) is 17.0 Å². The maximum atomic E-state index is 9.75. The summed E-state index contributed by atoms with van der Waals surface area (Å²) in [6, 6.07) is 0. The summed E-state index contributed by atoms with van der Waals surface area (Å²) >= 11 is 0. The van der Waals surface area contributed by atoms with Crippen LogP contribution < -0.4 is 0 Å². The lowest BCUT2D eigenvalue weighted by molar-refractivity contribution is 0.176.